The third-order valence-electron chi connectivity index (χ3n) is 6.79. The number of hydrogen-bond acceptors (Lipinski definition) is 8. The van der Waals surface area contributed by atoms with E-state index >= 15 is 0 Å². The summed E-state index contributed by atoms with van der Waals surface area (Å²) in [5, 5.41) is 8.12. The molecule has 10 nitrogen and oxygen atoms in total. The first-order valence-electron chi connectivity index (χ1n) is 13.6. The van der Waals surface area contributed by atoms with Crippen molar-refractivity contribution < 1.29 is 22.3 Å². The lowest BCUT2D eigenvalue weighted by molar-refractivity contribution is 0.101. The fourth-order valence-corrected chi connectivity index (χ4v) is 5.83. The van der Waals surface area contributed by atoms with Crippen LogP contribution in [-0.2, 0) is 14.6 Å². The molecule has 0 unspecified atom stereocenters. The molecule has 1 aromatic heterocycles. The molecule has 1 heterocycles. The molecule has 3 aromatic carbocycles. The van der Waals surface area contributed by atoms with E-state index in [0.29, 0.717) is 35.3 Å². The molecule has 4 aromatic rings. The fourth-order valence-electron chi connectivity index (χ4n) is 4.50. The number of rotatable bonds is 14. The van der Waals surface area contributed by atoms with E-state index in [4.69, 9.17) is 4.74 Å². The van der Waals surface area contributed by atoms with E-state index in [0.717, 1.165) is 37.7 Å². The lowest BCUT2D eigenvalue weighted by atomic mass is 10.1. The van der Waals surface area contributed by atoms with Crippen LogP contribution in [0.1, 0.15) is 23.2 Å². The second-order valence-corrected chi connectivity index (χ2v) is 12.2. The zero-order valence-electron chi connectivity index (χ0n) is 24.3. The van der Waals surface area contributed by atoms with Gasteiger partial charge in [-0.25, -0.2) is 18.2 Å². The maximum absolute atomic E-state index is 13.7. The van der Waals surface area contributed by atoms with Gasteiger partial charge in [0.05, 0.1) is 27.1 Å². The highest BCUT2D eigenvalue weighted by atomic mass is 32.2. The van der Waals surface area contributed by atoms with E-state index < -0.39 is 15.7 Å². The van der Waals surface area contributed by atoms with Crippen LogP contribution in [0, 0.1) is 5.82 Å². The van der Waals surface area contributed by atoms with E-state index in [1.54, 1.807) is 19.2 Å². The smallest absolute Gasteiger partial charge is 0.273 e. The molecule has 0 bridgehead atoms. The minimum Gasteiger partial charge on any atom is -0.385 e. The van der Waals surface area contributed by atoms with Crippen molar-refractivity contribution in [3.63, 3.8) is 0 Å². The summed E-state index contributed by atoms with van der Waals surface area (Å²) in [7, 11) is 3.83. The molecule has 0 fully saturated rings. The van der Waals surface area contributed by atoms with E-state index in [1.807, 2.05) is 33.3 Å². The number of anilines is 2. The number of hydrogen-bond donors (Lipinski definition) is 2. The fraction of sp³-hybridized carbons (Fsp3) is 0.333. The van der Waals surface area contributed by atoms with Gasteiger partial charge in [-0.05, 0) is 88.1 Å². The summed E-state index contributed by atoms with van der Waals surface area (Å²) in [6.07, 6.45) is 3.24. The quantitative estimate of drug-likeness (QED) is 0.208. The summed E-state index contributed by atoms with van der Waals surface area (Å²) >= 11 is 0. The van der Waals surface area contributed by atoms with Gasteiger partial charge in [0, 0.05) is 50.6 Å². The Labute approximate surface area is 246 Å². The van der Waals surface area contributed by atoms with Gasteiger partial charge in [-0.1, -0.05) is 6.07 Å². The molecule has 0 spiro atoms. The van der Waals surface area contributed by atoms with Crippen molar-refractivity contribution in [3.05, 3.63) is 78.2 Å². The number of halogens is 1. The Bertz CT molecular complexity index is 1640. The summed E-state index contributed by atoms with van der Waals surface area (Å²) in [5.74, 6) is -1.02. The highest BCUT2D eigenvalue weighted by molar-refractivity contribution is 7.91. The van der Waals surface area contributed by atoms with Crippen LogP contribution in [0.2, 0.25) is 0 Å². The SMILES string of the molecule is COCCCNc1cc(N(C)CCCN(C)C)ccc1C(=O)Nn1ncc2cc(S(=O)(=O)c3cccc(F)c3)ccc21. The summed E-state index contributed by atoms with van der Waals surface area (Å²) in [5.41, 5.74) is 5.41. The number of benzene rings is 3. The molecule has 42 heavy (non-hydrogen) atoms. The van der Waals surface area contributed by atoms with E-state index in [1.165, 1.54) is 41.3 Å². The van der Waals surface area contributed by atoms with Crippen LogP contribution in [0.25, 0.3) is 10.9 Å². The van der Waals surface area contributed by atoms with Crippen molar-refractivity contribution in [1.82, 2.24) is 14.8 Å². The minimum absolute atomic E-state index is 0.000637. The average Bonchev–Trinajstić information content (AvgIpc) is 3.36. The number of amides is 1. The van der Waals surface area contributed by atoms with Gasteiger partial charge in [-0.3, -0.25) is 4.79 Å². The van der Waals surface area contributed by atoms with Gasteiger partial charge in [0.25, 0.3) is 5.91 Å². The van der Waals surface area contributed by atoms with Crippen LogP contribution < -0.4 is 15.6 Å². The van der Waals surface area contributed by atoms with Gasteiger partial charge in [0.2, 0.25) is 9.84 Å². The normalized spacial score (nSPS) is 11.7. The summed E-state index contributed by atoms with van der Waals surface area (Å²) in [4.78, 5) is 18.9. The lowest BCUT2D eigenvalue weighted by Crippen LogP contribution is -2.26. The Hall–Kier alpha value is -4.00. The van der Waals surface area contributed by atoms with Crippen LogP contribution in [0.3, 0.4) is 0 Å². The monoisotopic (exact) mass is 596 g/mol. The van der Waals surface area contributed by atoms with Crippen LogP contribution in [0.4, 0.5) is 15.8 Å². The number of methoxy groups -OCH3 is 1. The summed E-state index contributed by atoms with van der Waals surface area (Å²) in [6, 6.07) is 14.9. The molecule has 1 amide bonds. The Morgan fingerprint density at radius 1 is 1.00 bits per heavy atom. The number of carbonyl (C=O) groups is 1. The zero-order chi connectivity index (χ0) is 30.3. The number of carbonyl (C=O) groups excluding carboxylic acids is 1. The van der Waals surface area contributed by atoms with Gasteiger partial charge in [-0.2, -0.15) is 9.89 Å². The number of ether oxygens (including phenoxy) is 1. The van der Waals surface area contributed by atoms with Gasteiger partial charge < -0.3 is 19.9 Å². The van der Waals surface area contributed by atoms with Gasteiger partial charge >= 0.3 is 0 Å². The Morgan fingerprint density at radius 3 is 2.52 bits per heavy atom. The van der Waals surface area contributed by atoms with Crippen molar-refractivity contribution >= 4 is 38.0 Å². The predicted molar refractivity (Wildman–Crippen MR) is 163 cm³/mol. The zero-order valence-corrected chi connectivity index (χ0v) is 25.1. The van der Waals surface area contributed by atoms with Crippen LogP contribution in [-0.4, -0.2) is 83.6 Å². The van der Waals surface area contributed by atoms with E-state index in [9.17, 15) is 17.6 Å². The third kappa shape index (κ3) is 7.44. The standard InChI is InChI=1S/C30H37FN6O4S/c1-35(2)15-7-16-36(3)24-10-12-27(28(20-24)32-14-6-17-41-4)30(38)34-37-29-13-11-26(18-22(29)21-33-37)42(39,40)25-9-5-8-23(31)19-25/h5,8-13,18-21,32H,6-7,14-17H2,1-4H3,(H,34,38). The Kier molecular flexibility index (Phi) is 10.2. The van der Waals surface area contributed by atoms with E-state index in [2.05, 4.69) is 25.6 Å². The molecule has 0 aliphatic rings. The van der Waals surface area contributed by atoms with Crippen molar-refractivity contribution in [1.29, 1.82) is 0 Å². The third-order valence-corrected chi connectivity index (χ3v) is 8.54. The predicted octanol–water partition coefficient (Wildman–Crippen LogP) is 4.23. The number of aromatic nitrogens is 2. The molecule has 0 atom stereocenters. The van der Waals surface area contributed by atoms with Crippen molar-refractivity contribution in [2.45, 2.75) is 22.6 Å². The number of fused-ring (bicyclic) bond motifs is 1. The topological polar surface area (TPSA) is 109 Å². The van der Waals surface area contributed by atoms with Crippen molar-refractivity contribution in [2.24, 2.45) is 0 Å². The molecule has 12 heteroatoms. The van der Waals surface area contributed by atoms with E-state index in [-0.39, 0.29) is 15.7 Å². The molecule has 0 saturated carbocycles. The number of nitrogens with one attached hydrogen (secondary N) is 2. The highest BCUT2D eigenvalue weighted by Gasteiger charge is 2.20. The van der Waals surface area contributed by atoms with Gasteiger partial charge in [-0.15, -0.1) is 0 Å². The highest BCUT2D eigenvalue weighted by Crippen LogP contribution is 2.26. The largest absolute Gasteiger partial charge is 0.385 e. The Morgan fingerprint density at radius 2 is 1.79 bits per heavy atom. The first-order valence-corrected chi connectivity index (χ1v) is 15.1. The van der Waals surface area contributed by atoms with Crippen LogP contribution in [0.5, 0.6) is 0 Å². The molecule has 4 rings (SSSR count). The van der Waals surface area contributed by atoms with Crippen molar-refractivity contribution in [2.75, 3.05) is 70.1 Å². The maximum atomic E-state index is 13.7. The molecular formula is C30H37FN6O4S. The average molecular weight is 597 g/mol. The molecule has 2 N–H and O–H groups in total. The molecule has 224 valence electrons. The molecular weight excluding hydrogens is 559 g/mol. The summed E-state index contributed by atoms with van der Waals surface area (Å²) < 4.78 is 44.9. The number of sulfone groups is 1. The second-order valence-electron chi connectivity index (χ2n) is 10.3. The van der Waals surface area contributed by atoms with Gasteiger partial charge in [0.15, 0.2) is 0 Å². The Balaban J connectivity index is 1.56. The molecule has 0 saturated heterocycles. The maximum Gasteiger partial charge on any atom is 0.273 e. The van der Waals surface area contributed by atoms with Gasteiger partial charge in [0.1, 0.15) is 5.82 Å². The first kappa shape index (κ1) is 30.9. The van der Waals surface area contributed by atoms with Crippen LogP contribution in [0.15, 0.2) is 76.7 Å². The second kappa shape index (κ2) is 13.8. The van der Waals surface area contributed by atoms with Crippen LogP contribution >= 0.6 is 0 Å². The van der Waals surface area contributed by atoms with Crippen molar-refractivity contribution in [3.8, 4) is 0 Å². The molecule has 0 aliphatic carbocycles. The molecule has 0 aliphatic heterocycles. The molecule has 0 radical (unpaired) electrons. The lowest BCUT2D eigenvalue weighted by Gasteiger charge is -2.22. The minimum atomic E-state index is -3.94. The summed E-state index contributed by atoms with van der Waals surface area (Å²) in [6.45, 7) is 3.05. The number of nitrogens with zero attached hydrogens (tertiary/aromatic N) is 4. The first-order chi connectivity index (χ1) is 20.1.